The van der Waals surface area contributed by atoms with Gasteiger partial charge in [-0.2, -0.15) is 5.10 Å². The van der Waals surface area contributed by atoms with Crippen molar-refractivity contribution in [2.75, 3.05) is 14.1 Å². The molecule has 0 fully saturated rings. The number of hydrazone groups is 1. The molecule has 0 atom stereocenters. The van der Waals surface area contributed by atoms with Gasteiger partial charge in [0.05, 0.1) is 16.0 Å². The molecule has 0 bridgehead atoms. The summed E-state index contributed by atoms with van der Waals surface area (Å²) in [4.78, 5) is 34.0. The van der Waals surface area contributed by atoms with Crippen molar-refractivity contribution in [3.8, 4) is 5.69 Å². The minimum Gasteiger partial charge on any atom is -0.354 e. The SMILES string of the molecule is CN(C)C(=S)NN=C1c2cc([N+](=O)[O-])ccc2-n2c1nc1ncccc1c2=O. The van der Waals surface area contributed by atoms with Crippen LogP contribution in [0.25, 0.3) is 16.7 Å². The minimum atomic E-state index is -0.507. The van der Waals surface area contributed by atoms with Crippen LogP contribution in [0.15, 0.2) is 46.4 Å². The van der Waals surface area contributed by atoms with E-state index in [-0.39, 0.29) is 28.4 Å². The van der Waals surface area contributed by atoms with Gasteiger partial charge in [-0.15, -0.1) is 0 Å². The number of hydrogen-bond donors (Lipinski definition) is 1. The zero-order valence-corrected chi connectivity index (χ0v) is 15.6. The maximum absolute atomic E-state index is 13.0. The molecule has 0 saturated carbocycles. The number of nitro benzene ring substituents is 1. The highest BCUT2D eigenvalue weighted by Crippen LogP contribution is 2.29. The average molecular weight is 395 g/mol. The van der Waals surface area contributed by atoms with Crippen LogP contribution < -0.4 is 11.0 Å². The number of hydrogen-bond acceptors (Lipinski definition) is 7. The van der Waals surface area contributed by atoms with Crippen LogP contribution in [0.5, 0.6) is 0 Å². The largest absolute Gasteiger partial charge is 0.354 e. The molecule has 0 amide bonds. The van der Waals surface area contributed by atoms with Crippen molar-refractivity contribution in [1.29, 1.82) is 0 Å². The maximum Gasteiger partial charge on any atom is 0.270 e. The van der Waals surface area contributed by atoms with Crippen molar-refractivity contribution in [2.24, 2.45) is 5.10 Å². The van der Waals surface area contributed by atoms with Crippen LogP contribution in [0.2, 0.25) is 0 Å². The zero-order valence-electron chi connectivity index (χ0n) is 14.8. The van der Waals surface area contributed by atoms with Gasteiger partial charge in [0.15, 0.2) is 16.6 Å². The molecule has 140 valence electrons. The Morgan fingerprint density at radius 2 is 2.14 bits per heavy atom. The maximum atomic E-state index is 13.0. The Hall–Kier alpha value is -3.73. The first-order valence-corrected chi connectivity index (χ1v) is 8.51. The normalized spacial score (nSPS) is 13.3. The molecular weight excluding hydrogens is 382 g/mol. The third-order valence-electron chi connectivity index (χ3n) is 4.21. The van der Waals surface area contributed by atoms with E-state index in [2.05, 4.69) is 20.5 Å². The third-order valence-corrected chi connectivity index (χ3v) is 4.67. The molecule has 4 rings (SSSR count). The summed E-state index contributed by atoms with van der Waals surface area (Å²) >= 11 is 5.18. The number of pyridine rings is 1. The third kappa shape index (κ3) is 2.68. The minimum absolute atomic E-state index is 0.120. The molecule has 0 saturated heterocycles. The van der Waals surface area contributed by atoms with Gasteiger partial charge in [-0.25, -0.2) is 9.97 Å². The lowest BCUT2D eigenvalue weighted by Crippen LogP contribution is -2.32. The molecule has 0 radical (unpaired) electrons. The summed E-state index contributed by atoms with van der Waals surface area (Å²) in [6.45, 7) is 0. The number of fused-ring (bicyclic) bond motifs is 4. The Labute approximate surface area is 163 Å². The number of nitrogens with zero attached hydrogens (tertiary/aromatic N) is 6. The Kier molecular flexibility index (Phi) is 4.08. The van der Waals surface area contributed by atoms with Crippen molar-refractivity contribution in [3.63, 3.8) is 0 Å². The first-order chi connectivity index (χ1) is 13.4. The fourth-order valence-electron chi connectivity index (χ4n) is 2.86. The molecule has 2 aromatic heterocycles. The van der Waals surface area contributed by atoms with Crippen molar-refractivity contribution in [3.05, 3.63) is 68.4 Å². The molecular formula is C17H13N7O3S. The van der Waals surface area contributed by atoms with Crippen LogP contribution >= 0.6 is 12.2 Å². The Morgan fingerprint density at radius 1 is 1.36 bits per heavy atom. The van der Waals surface area contributed by atoms with Gasteiger partial charge in [0.1, 0.15) is 5.71 Å². The number of rotatable bonds is 2. The fourth-order valence-corrected chi connectivity index (χ4v) is 2.90. The van der Waals surface area contributed by atoms with Crippen LogP contribution in [-0.2, 0) is 0 Å². The van der Waals surface area contributed by atoms with Gasteiger partial charge < -0.3 is 4.90 Å². The summed E-state index contributed by atoms with van der Waals surface area (Å²) in [5.74, 6) is 0.237. The zero-order chi connectivity index (χ0) is 20.0. The smallest absolute Gasteiger partial charge is 0.270 e. The number of aromatic nitrogens is 3. The van der Waals surface area contributed by atoms with Crippen LogP contribution in [-0.4, -0.2) is 49.3 Å². The average Bonchev–Trinajstić information content (AvgIpc) is 2.99. The first-order valence-electron chi connectivity index (χ1n) is 8.11. The van der Waals surface area contributed by atoms with E-state index in [9.17, 15) is 14.9 Å². The van der Waals surface area contributed by atoms with E-state index in [1.807, 2.05) is 0 Å². The standard InChI is InChI=1S/C17H13N7O3S/c1-22(2)17(28)21-20-13-11-8-9(24(26)27)5-6-12(11)23-15(13)19-14-10(16(23)25)4-3-7-18-14/h3-8H,1-2H3,(H,21,28). The van der Waals surface area contributed by atoms with E-state index in [0.29, 0.717) is 21.7 Å². The second-order valence-electron chi connectivity index (χ2n) is 6.18. The second-order valence-corrected chi connectivity index (χ2v) is 6.57. The molecule has 0 spiro atoms. The summed E-state index contributed by atoms with van der Waals surface area (Å²) in [7, 11) is 3.49. The Bertz CT molecular complexity index is 1250. The van der Waals surface area contributed by atoms with Gasteiger partial charge in [-0.05, 0) is 30.4 Å². The highest BCUT2D eigenvalue weighted by molar-refractivity contribution is 7.80. The molecule has 0 unspecified atom stereocenters. The number of thiocarbonyl (C=S) groups is 1. The molecule has 10 nitrogen and oxygen atoms in total. The van der Waals surface area contributed by atoms with Crippen LogP contribution in [0.3, 0.4) is 0 Å². The van der Waals surface area contributed by atoms with E-state index in [0.717, 1.165) is 0 Å². The molecule has 0 aliphatic carbocycles. The predicted octanol–water partition coefficient (Wildman–Crippen LogP) is 1.19. The monoisotopic (exact) mass is 395 g/mol. The highest BCUT2D eigenvalue weighted by Gasteiger charge is 2.31. The van der Waals surface area contributed by atoms with E-state index < -0.39 is 4.92 Å². The summed E-state index contributed by atoms with van der Waals surface area (Å²) < 4.78 is 1.38. The quantitative estimate of drug-likeness (QED) is 0.305. The van der Waals surface area contributed by atoms with Crippen LogP contribution in [0.1, 0.15) is 11.4 Å². The Morgan fingerprint density at radius 3 is 2.86 bits per heavy atom. The highest BCUT2D eigenvalue weighted by atomic mass is 32.1. The van der Waals surface area contributed by atoms with Gasteiger partial charge in [0, 0.05) is 38.0 Å². The van der Waals surface area contributed by atoms with Gasteiger partial charge in [0.25, 0.3) is 11.2 Å². The van der Waals surface area contributed by atoms with Crippen LogP contribution in [0.4, 0.5) is 5.69 Å². The summed E-state index contributed by atoms with van der Waals surface area (Å²) in [5.41, 5.74) is 3.67. The van der Waals surface area contributed by atoms with E-state index in [1.165, 1.54) is 29.0 Å². The van der Waals surface area contributed by atoms with Gasteiger partial charge in [-0.1, -0.05) is 0 Å². The van der Waals surface area contributed by atoms with Gasteiger partial charge >= 0.3 is 0 Å². The molecule has 1 aliphatic heterocycles. The van der Waals surface area contributed by atoms with E-state index in [1.54, 1.807) is 31.1 Å². The number of non-ortho nitro benzene ring substituents is 1. The Balaban J connectivity index is 2.01. The van der Waals surface area contributed by atoms with Crippen molar-refractivity contribution >= 4 is 39.8 Å². The summed E-state index contributed by atoms with van der Waals surface area (Å²) in [6, 6.07) is 7.49. The number of nitrogens with one attached hydrogen (secondary N) is 1. The first kappa shape index (κ1) is 17.7. The number of benzene rings is 1. The lowest BCUT2D eigenvalue weighted by Gasteiger charge is -2.12. The second kappa shape index (κ2) is 6.46. The lowest BCUT2D eigenvalue weighted by atomic mass is 10.1. The van der Waals surface area contributed by atoms with Crippen molar-refractivity contribution in [2.45, 2.75) is 0 Å². The molecule has 3 heterocycles. The van der Waals surface area contributed by atoms with Crippen LogP contribution in [0, 0.1) is 10.1 Å². The molecule has 11 heteroatoms. The van der Waals surface area contributed by atoms with Gasteiger partial charge in [-0.3, -0.25) is 24.9 Å². The predicted molar refractivity (Wildman–Crippen MR) is 107 cm³/mol. The van der Waals surface area contributed by atoms with Crippen molar-refractivity contribution in [1.82, 2.24) is 24.9 Å². The summed E-state index contributed by atoms with van der Waals surface area (Å²) in [6.07, 6.45) is 1.54. The van der Waals surface area contributed by atoms with E-state index in [4.69, 9.17) is 12.2 Å². The van der Waals surface area contributed by atoms with Gasteiger partial charge in [0.2, 0.25) is 0 Å². The topological polar surface area (TPSA) is 119 Å². The molecule has 1 N–H and O–H groups in total. The van der Waals surface area contributed by atoms with E-state index >= 15 is 0 Å². The molecule has 1 aliphatic rings. The van der Waals surface area contributed by atoms with Crippen molar-refractivity contribution < 1.29 is 4.92 Å². The fraction of sp³-hybridized carbons (Fsp3) is 0.118. The molecule has 28 heavy (non-hydrogen) atoms. The molecule has 1 aromatic carbocycles. The number of nitro groups is 1. The molecule has 3 aromatic rings. The lowest BCUT2D eigenvalue weighted by molar-refractivity contribution is -0.384. The summed E-state index contributed by atoms with van der Waals surface area (Å²) in [5, 5.41) is 16.2.